The van der Waals surface area contributed by atoms with Gasteiger partial charge in [-0.25, -0.2) is 0 Å². The van der Waals surface area contributed by atoms with E-state index in [0.717, 1.165) is 0 Å². The van der Waals surface area contributed by atoms with E-state index in [1.807, 2.05) is 4.90 Å². The molecule has 0 bridgehead atoms. The molecule has 1 aliphatic heterocycles. The lowest BCUT2D eigenvalue weighted by molar-refractivity contribution is -0.120. The molecular formula is C13H18ClN3O3. The van der Waals surface area contributed by atoms with Gasteiger partial charge in [0.15, 0.2) is 0 Å². The number of aliphatic hydroxyl groups excluding tert-OH is 1. The zero-order valence-electron chi connectivity index (χ0n) is 11.0. The average molecular weight is 300 g/mol. The van der Waals surface area contributed by atoms with E-state index in [1.165, 1.54) is 0 Å². The van der Waals surface area contributed by atoms with Crippen LogP contribution in [0.25, 0.3) is 0 Å². The molecule has 1 unspecified atom stereocenters. The summed E-state index contributed by atoms with van der Waals surface area (Å²) in [5, 5.41) is 12.3. The van der Waals surface area contributed by atoms with Crippen LogP contribution in [0.4, 0.5) is 11.4 Å². The maximum Gasteiger partial charge on any atom is 0.238 e. The Kier molecular flexibility index (Phi) is 5.19. The lowest BCUT2D eigenvalue weighted by Gasteiger charge is -2.31. The summed E-state index contributed by atoms with van der Waals surface area (Å²) in [6.45, 7) is 1.90. The number of nitrogen functional groups attached to an aromatic ring is 1. The first-order chi connectivity index (χ1) is 9.58. The van der Waals surface area contributed by atoms with Crippen molar-refractivity contribution in [1.29, 1.82) is 0 Å². The highest BCUT2D eigenvalue weighted by Gasteiger charge is 2.21. The van der Waals surface area contributed by atoms with Gasteiger partial charge < -0.3 is 20.9 Å². The summed E-state index contributed by atoms with van der Waals surface area (Å²) in [5.74, 6) is -0.169. The van der Waals surface area contributed by atoms with Crippen LogP contribution in [0.1, 0.15) is 0 Å². The largest absolute Gasteiger partial charge is 0.397 e. The van der Waals surface area contributed by atoms with Crippen LogP contribution in [0, 0.1) is 0 Å². The van der Waals surface area contributed by atoms with E-state index in [9.17, 15) is 4.79 Å². The standard InChI is InChI=1S/C13H18ClN3O3/c14-9-1-2-11(15)12(5-9)16-13(19)7-17-3-4-20-10(6-17)8-18/h1-2,5,10,18H,3-4,6-8,15H2,(H,16,19). The number of carbonyl (C=O) groups is 1. The number of nitrogens with one attached hydrogen (secondary N) is 1. The van der Waals surface area contributed by atoms with Crippen molar-refractivity contribution in [1.82, 2.24) is 4.90 Å². The molecule has 2 rings (SSSR count). The van der Waals surface area contributed by atoms with Gasteiger partial charge in [0.2, 0.25) is 5.91 Å². The fourth-order valence-corrected chi connectivity index (χ4v) is 2.24. The van der Waals surface area contributed by atoms with Crippen LogP contribution in [0.15, 0.2) is 18.2 Å². The highest BCUT2D eigenvalue weighted by Crippen LogP contribution is 2.22. The number of anilines is 2. The molecule has 0 aliphatic carbocycles. The first-order valence-corrected chi connectivity index (χ1v) is 6.76. The van der Waals surface area contributed by atoms with Gasteiger partial charge in [-0.2, -0.15) is 0 Å². The zero-order chi connectivity index (χ0) is 14.5. The summed E-state index contributed by atoms with van der Waals surface area (Å²) in [6.07, 6.45) is -0.229. The van der Waals surface area contributed by atoms with Crippen LogP contribution >= 0.6 is 11.6 Å². The van der Waals surface area contributed by atoms with Gasteiger partial charge in [-0.1, -0.05) is 11.6 Å². The molecule has 0 spiro atoms. The van der Waals surface area contributed by atoms with Crippen molar-refractivity contribution in [2.75, 3.05) is 43.9 Å². The third-order valence-electron chi connectivity index (χ3n) is 3.08. The monoisotopic (exact) mass is 299 g/mol. The number of benzene rings is 1. The fourth-order valence-electron chi connectivity index (χ4n) is 2.06. The van der Waals surface area contributed by atoms with Crippen molar-refractivity contribution < 1.29 is 14.6 Å². The Morgan fingerprint density at radius 3 is 3.15 bits per heavy atom. The van der Waals surface area contributed by atoms with Crippen LogP contribution in [0.2, 0.25) is 5.02 Å². The molecule has 0 aromatic heterocycles. The summed E-state index contributed by atoms with van der Waals surface area (Å²) < 4.78 is 5.33. The van der Waals surface area contributed by atoms with Gasteiger partial charge in [0.25, 0.3) is 0 Å². The normalized spacial score (nSPS) is 19.8. The van der Waals surface area contributed by atoms with E-state index in [2.05, 4.69) is 5.32 Å². The summed E-state index contributed by atoms with van der Waals surface area (Å²) in [5.41, 5.74) is 6.75. The maximum absolute atomic E-state index is 12.0. The second-order valence-corrected chi connectivity index (χ2v) is 5.13. The number of amides is 1. The number of ether oxygens (including phenoxy) is 1. The molecule has 0 saturated carbocycles. The number of halogens is 1. The number of nitrogens with zero attached hydrogens (tertiary/aromatic N) is 1. The molecule has 1 fully saturated rings. The quantitative estimate of drug-likeness (QED) is 0.707. The number of hydrogen-bond acceptors (Lipinski definition) is 5. The number of morpholine rings is 1. The Morgan fingerprint density at radius 2 is 2.40 bits per heavy atom. The van der Waals surface area contributed by atoms with E-state index in [4.69, 9.17) is 27.2 Å². The first kappa shape index (κ1) is 15.1. The smallest absolute Gasteiger partial charge is 0.238 e. The van der Waals surface area contributed by atoms with Crippen LogP contribution in [-0.4, -0.2) is 54.9 Å². The number of rotatable bonds is 4. The lowest BCUT2D eigenvalue weighted by atomic mass is 10.2. The summed E-state index contributed by atoms with van der Waals surface area (Å²) in [6, 6.07) is 4.93. The summed E-state index contributed by atoms with van der Waals surface area (Å²) >= 11 is 5.87. The van der Waals surface area contributed by atoms with Crippen molar-refractivity contribution in [3.63, 3.8) is 0 Å². The van der Waals surface area contributed by atoms with Gasteiger partial charge in [-0.05, 0) is 18.2 Å². The van der Waals surface area contributed by atoms with E-state index in [0.29, 0.717) is 36.1 Å². The van der Waals surface area contributed by atoms with Gasteiger partial charge in [0, 0.05) is 18.1 Å². The highest BCUT2D eigenvalue weighted by atomic mass is 35.5. The number of nitrogens with two attached hydrogens (primary N) is 1. The van der Waals surface area contributed by atoms with Gasteiger partial charge in [0.1, 0.15) is 0 Å². The summed E-state index contributed by atoms with van der Waals surface area (Å²) in [4.78, 5) is 13.9. The molecule has 7 heteroatoms. The Hall–Kier alpha value is -1.34. The van der Waals surface area contributed by atoms with Crippen LogP contribution in [0.3, 0.4) is 0 Å². The zero-order valence-corrected chi connectivity index (χ0v) is 11.8. The van der Waals surface area contributed by atoms with E-state index in [1.54, 1.807) is 18.2 Å². The van der Waals surface area contributed by atoms with Crippen molar-refractivity contribution >= 4 is 28.9 Å². The Morgan fingerprint density at radius 1 is 1.60 bits per heavy atom. The Labute approximate surface area is 122 Å². The second kappa shape index (κ2) is 6.90. The van der Waals surface area contributed by atoms with Crippen molar-refractivity contribution in [3.05, 3.63) is 23.2 Å². The van der Waals surface area contributed by atoms with Gasteiger partial charge in [-0.3, -0.25) is 9.69 Å². The third-order valence-corrected chi connectivity index (χ3v) is 3.32. The minimum Gasteiger partial charge on any atom is -0.397 e. The van der Waals surface area contributed by atoms with E-state index < -0.39 is 0 Å². The molecule has 1 aromatic carbocycles. The molecular weight excluding hydrogens is 282 g/mol. The molecule has 20 heavy (non-hydrogen) atoms. The molecule has 6 nitrogen and oxygen atoms in total. The fraction of sp³-hybridized carbons (Fsp3) is 0.462. The van der Waals surface area contributed by atoms with E-state index in [-0.39, 0.29) is 25.2 Å². The van der Waals surface area contributed by atoms with Gasteiger partial charge >= 0.3 is 0 Å². The maximum atomic E-state index is 12.0. The number of carbonyl (C=O) groups excluding carboxylic acids is 1. The highest BCUT2D eigenvalue weighted by molar-refractivity contribution is 6.31. The molecule has 1 aliphatic rings. The molecule has 1 saturated heterocycles. The molecule has 0 radical (unpaired) electrons. The van der Waals surface area contributed by atoms with Crippen molar-refractivity contribution in [2.24, 2.45) is 0 Å². The third kappa shape index (κ3) is 4.08. The van der Waals surface area contributed by atoms with Crippen LogP contribution in [0.5, 0.6) is 0 Å². The minimum absolute atomic E-state index is 0.0423. The molecule has 4 N–H and O–H groups in total. The number of aliphatic hydroxyl groups is 1. The topological polar surface area (TPSA) is 87.8 Å². The molecule has 1 aromatic rings. The molecule has 110 valence electrons. The van der Waals surface area contributed by atoms with Crippen LogP contribution in [-0.2, 0) is 9.53 Å². The number of hydrogen-bond donors (Lipinski definition) is 3. The SMILES string of the molecule is Nc1ccc(Cl)cc1NC(=O)CN1CCOC(CO)C1. The van der Waals surface area contributed by atoms with E-state index >= 15 is 0 Å². The Bertz CT molecular complexity index is 484. The summed E-state index contributed by atoms with van der Waals surface area (Å²) in [7, 11) is 0. The Balaban J connectivity index is 1.90. The minimum atomic E-state index is -0.229. The first-order valence-electron chi connectivity index (χ1n) is 6.38. The lowest BCUT2D eigenvalue weighted by Crippen LogP contribution is -2.46. The van der Waals surface area contributed by atoms with Gasteiger partial charge in [0.05, 0.1) is 37.2 Å². The average Bonchev–Trinajstić information content (AvgIpc) is 2.43. The van der Waals surface area contributed by atoms with Crippen molar-refractivity contribution in [3.8, 4) is 0 Å². The second-order valence-electron chi connectivity index (χ2n) is 4.69. The van der Waals surface area contributed by atoms with Crippen molar-refractivity contribution in [2.45, 2.75) is 6.10 Å². The molecule has 1 heterocycles. The predicted octanol–water partition coefficient (Wildman–Crippen LogP) is 0.554. The predicted molar refractivity (Wildman–Crippen MR) is 77.8 cm³/mol. The van der Waals surface area contributed by atoms with Gasteiger partial charge in [-0.15, -0.1) is 0 Å². The molecule has 1 amide bonds. The molecule has 1 atom stereocenters. The van der Waals surface area contributed by atoms with Crippen LogP contribution < -0.4 is 11.1 Å².